The SMILES string of the molecule is FC(F)C1=[C][N]C(C(F)F)=N1. The lowest BCUT2D eigenvalue weighted by molar-refractivity contribution is 0.187. The Labute approximate surface area is 59.6 Å². The summed E-state index contributed by atoms with van der Waals surface area (Å²) >= 11 is 0. The minimum atomic E-state index is -2.92. The van der Waals surface area contributed by atoms with Crippen LogP contribution in [-0.2, 0) is 0 Å². The van der Waals surface area contributed by atoms with Crippen LogP contribution in [0.4, 0.5) is 17.6 Å². The zero-order chi connectivity index (χ0) is 8.43. The summed E-state index contributed by atoms with van der Waals surface area (Å²) in [7, 11) is 0. The third-order valence-corrected chi connectivity index (χ3v) is 0.922. The summed E-state index contributed by atoms with van der Waals surface area (Å²) in [4.78, 5) is 2.84. The molecule has 0 unspecified atom stereocenters. The molecule has 1 aliphatic rings. The van der Waals surface area contributed by atoms with Gasteiger partial charge in [-0.25, -0.2) is 27.9 Å². The number of alkyl halides is 4. The second kappa shape index (κ2) is 2.89. The Morgan fingerprint density at radius 1 is 1.09 bits per heavy atom. The molecule has 0 atom stereocenters. The van der Waals surface area contributed by atoms with Crippen LogP contribution in [-0.4, -0.2) is 18.7 Å². The molecule has 0 N–H and O–H groups in total. The zero-order valence-electron chi connectivity index (χ0n) is 5.06. The zero-order valence-corrected chi connectivity index (χ0v) is 5.06. The van der Waals surface area contributed by atoms with E-state index in [1.807, 2.05) is 0 Å². The first-order valence-electron chi connectivity index (χ1n) is 2.59. The van der Waals surface area contributed by atoms with Gasteiger partial charge in [-0.2, -0.15) is 0 Å². The first kappa shape index (κ1) is 8.03. The van der Waals surface area contributed by atoms with Crippen molar-refractivity contribution >= 4 is 5.84 Å². The summed E-state index contributed by atoms with van der Waals surface area (Å²) in [6, 6.07) is 0. The van der Waals surface area contributed by atoms with Crippen LogP contribution in [0.15, 0.2) is 10.7 Å². The van der Waals surface area contributed by atoms with Gasteiger partial charge in [-0.1, -0.05) is 0 Å². The second-order valence-electron chi connectivity index (χ2n) is 1.68. The molecule has 0 fully saturated rings. The molecule has 0 saturated heterocycles. The van der Waals surface area contributed by atoms with E-state index in [9.17, 15) is 17.6 Å². The van der Waals surface area contributed by atoms with Gasteiger partial charge in [0.25, 0.3) is 12.9 Å². The molecule has 0 aromatic heterocycles. The van der Waals surface area contributed by atoms with Crippen LogP contribution in [0.3, 0.4) is 0 Å². The maximum Gasteiger partial charge on any atom is 0.297 e. The predicted molar refractivity (Wildman–Crippen MR) is 28.3 cm³/mol. The van der Waals surface area contributed by atoms with Crippen LogP contribution in [0.1, 0.15) is 0 Å². The predicted octanol–water partition coefficient (Wildman–Crippen LogP) is 1.18. The van der Waals surface area contributed by atoms with Gasteiger partial charge in [-0.15, -0.1) is 0 Å². The molecule has 0 amide bonds. The summed E-state index contributed by atoms with van der Waals surface area (Å²) in [5.74, 6) is -0.903. The summed E-state index contributed by atoms with van der Waals surface area (Å²) in [5.41, 5.74) is -0.833. The quantitative estimate of drug-likeness (QED) is 0.550. The number of halogens is 4. The van der Waals surface area contributed by atoms with Crippen LogP contribution >= 0.6 is 0 Å². The smallest absolute Gasteiger partial charge is 0.224 e. The van der Waals surface area contributed by atoms with Crippen molar-refractivity contribution in [3.05, 3.63) is 11.9 Å². The minimum Gasteiger partial charge on any atom is -0.224 e. The fraction of sp³-hybridized carbons (Fsp3) is 0.400. The summed E-state index contributed by atoms with van der Waals surface area (Å²) < 4.78 is 46.6. The number of hydrogen-bond donors (Lipinski definition) is 0. The van der Waals surface area contributed by atoms with Crippen molar-refractivity contribution in [2.24, 2.45) is 4.99 Å². The number of nitrogens with zero attached hydrogens (tertiary/aromatic N) is 2. The van der Waals surface area contributed by atoms with Crippen molar-refractivity contribution in [1.29, 1.82) is 0 Å². The van der Waals surface area contributed by atoms with Gasteiger partial charge >= 0.3 is 0 Å². The van der Waals surface area contributed by atoms with Gasteiger partial charge in [0.15, 0.2) is 5.84 Å². The third-order valence-electron chi connectivity index (χ3n) is 0.922. The molecule has 0 saturated carbocycles. The van der Waals surface area contributed by atoms with Crippen LogP contribution < -0.4 is 5.32 Å². The average Bonchev–Trinajstić information content (AvgIpc) is 2.33. The topological polar surface area (TPSA) is 26.5 Å². The lowest BCUT2D eigenvalue weighted by Crippen LogP contribution is -2.16. The molecule has 1 aliphatic heterocycles. The Hall–Kier alpha value is -1.07. The Morgan fingerprint density at radius 2 is 1.73 bits per heavy atom. The molecular formula is C5H2F4N2. The highest BCUT2D eigenvalue weighted by molar-refractivity contribution is 5.87. The van der Waals surface area contributed by atoms with E-state index in [1.54, 1.807) is 6.20 Å². The number of rotatable bonds is 2. The lowest BCUT2D eigenvalue weighted by Gasteiger charge is -1.93. The number of amidine groups is 1. The van der Waals surface area contributed by atoms with Crippen LogP contribution in [0, 0.1) is 6.20 Å². The molecule has 60 valence electrons. The van der Waals surface area contributed by atoms with Gasteiger partial charge < -0.3 is 0 Å². The van der Waals surface area contributed by atoms with Crippen molar-refractivity contribution in [3.63, 3.8) is 0 Å². The fourth-order valence-corrected chi connectivity index (χ4v) is 0.483. The molecule has 0 spiro atoms. The highest BCUT2D eigenvalue weighted by Gasteiger charge is 2.23. The molecule has 2 nitrogen and oxygen atoms in total. The van der Waals surface area contributed by atoms with Gasteiger partial charge in [0.2, 0.25) is 0 Å². The van der Waals surface area contributed by atoms with E-state index in [4.69, 9.17) is 0 Å². The standard InChI is InChI=1S/C5H2F4N2/c6-3(7)2-1-10-5(11-2)4(8)9/h3-4H. The van der Waals surface area contributed by atoms with Crippen LogP contribution in [0.25, 0.3) is 0 Å². The van der Waals surface area contributed by atoms with Gasteiger partial charge in [0.1, 0.15) is 11.9 Å². The van der Waals surface area contributed by atoms with Gasteiger partial charge in [0, 0.05) is 0 Å². The molecule has 1 rings (SSSR count). The monoisotopic (exact) mass is 166 g/mol. The Morgan fingerprint density at radius 3 is 2.00 bits per heavy atom. The average molecular weight is 166 g/mol. The molecule has 0 aliphatic carbocycles. The Balaban J connectivity index is 2.63. The number of aliphatic imine (C=N–C) groups is 1. The molecule has 0 aromatic rings. The van der Waals surface area contributed by atoms with Crippen molar-refractivity contribution in [2.45, 2.75) is 12.9 Å². The molecule has 0 bridgehead atoms. The number of hydrogen-bond acceptors (Lipinski definition) is 1. The normalized spacial score (nSPS) is 16.9. The van der Waals surface area contributed by atoms with Gasteiger partial charge in [-0.05, 0) is 0 Å². The maximum absolute atomic E-state index is 11.7. The number of allylic oxidation sites excluding steroid dienone is 1. The second-order valence-corrected chi connectivity index (χ2v) is 1.68. The summed E-state index contributed by atoms with van der Waals surface area (Å²) in [5, 5.41) is 2.87. The van der Waals surface area contributed by atoms with E-state index in [1.165, 1.54) is 0 Å². The highest BCUT2D eigenvalue weighted by atomic mass is 19.3. The Kier molecular flexibility index (Phi) is 2.11. The molecule has 0 aromatic carbocycles. The Bertz CT molecular complexity index is 209. The largest absolute Gasteiger partial charge is 0.297 e. The minimum absolute atomic E-state index is 0.833. The van der Waals surface area contributed by atoms with Crippen LogP contribution in [0.5, 0.6) is 0 Å². The van der Waals surface area contributed by atoms with Crippen LogP contribution in [0.2, 0.25) is 0 Å². The van der Waals surface area contributed by atoms with E-state index in [0.717, 1.165) is 0 Å². The van der Waals surface area contributed by atoms with Crippen molar-refractivity contribution in [3.8, 4) is 0 Å². The van der Waals surface area contributed by atoms with Gasteiger partial charge in [-0.3, -0.25) is 0 Å². The van der Waals surface area contributed by atoms with Crippen molar-refractivity contribution in [2.75, 3.05) is 0 Å². The molecular weight excluding hydrogens is 164 g/mol. The first-order valence-corrected chi connectivity index (χ1v) is 2.59. The van der Waals surface area contributed by atoms with Gasteiger partial charge in [0.05, 0.1) is 0 Å². The molecule has 2 radical (unpaired) electrons. The van der Waals surface area contributed by atoms with E-state index in [2.05, 4.69) is 10.3 Å². The third kappa shape index (κ3) is 1.69. The van der Waals surface area contributed by atoms with Crippen molar-refractivity contribution < 1.29 is 17.6 Å². The van der Waals surface area contributed by atoms with E-state index in [0.29, 0.717) is 0 Å². The molecule has 1 heterocycles. The first-order chi connectivity index (χ1) is 5.11. The lowest BCUT2D eigenvalue weighted by atomic mass is 10.5. The van der Waals surface area contributed by atoms with E-state index < -0.39 is 24.4 Å². The molecule has 6 heteroatoms. The summed E-state index contributed by atoms with van der Waals surface area (Å²) in [6.07, 6.45) is -4.12. The molecule has 11 heavy (non-hydrogen) atoms. The fourth-order valence-electron chi connectivity index (χ4n) is 0.483. The van der Waals surface area contributed by atoms with E-state index >= 15 is 0 Å². The highest BCUT2D eigenvalue weighted by Crippen LogP contribution is 2.14. The van der Waals surface area contributed by atoms with Crippen molar-refractivity contribution in [1.82, 2.24) is 5.32 Å². The maximum atomic E-state index is 11.7. The van der Waals surface area contributed by atoms with E-state index in [-0.39, 0.29) is 0 Å². The summed E-state index contributed by atoms with van der Waals surface area (Å²) in [6.45, 7) is 0.